The third kappa shape index (κ3) is 5.67. The molecule has 0 radical (unpaired) electrons. The van der Waals surface area contributed by atoms with Gasteiger partial charge in [-0.15, -0.1) is 0 Å². The van der Waals surface area contributed by atoms with Crippen LogP contribution in [0.4, 0.5) is 11.4 Å². The number of sulfonamides is 2. The minimum absolute atomic E-state index is 0.0554. The predicted octanol–water partition coefficient (Wildman–Crippen LogP) is 4.49. The summed E-state index contributed by atoms with van der Waals surface area (Å²) >= 11 is 6.26. The van der Waals surface area contributed by atoms with E-state index in [0.29, 0.717) is 18.8 Å². The summed E-state index contributed by atoms with van der Waals surface area (Å²) in [6, 6.07) is 16.5. The van der Waals surface area contributed by atoms with Gasteiger partial charge in [-0.2, -0.15) is 4.31 Å². The molecule has 1 heterocycles. The molecule has 2 N–H and O–H groups in total. The first-order valence-electron chi connectivity index (χ1n) is 10.9. The molecule has 35 heavy (non-hydrogen) atoms. The van der Waals surface area contributed by atoms with Crippen molar-refractivity contribution < 1.29 is 21.6 Å². The summed E-state index contributed by atoms with van der Waals surface area (Å²) in [4.78, 5) is 13.0. The van der Waals surface area contributed by atoms with Crippen molar-refractivity contribution >= 4 is 48.9 Å². The molecule has 1 aliphatic rings. The zero-order chi connectivity index (χ0) is 25.2. The van der Waals surface area contributed by atoms with E-state index in [1.807, 2.05) is 6.92 Å². The number of nitrogens with one attached hydrogen (secondary N) is 2. The summed E-state index contributed by atoms with van der Waals surface area (Å²) in [5.41, 5.74) is 1.68. The monoisotopic (exact) mass is 533 g/mol. The molecule has 1 amide bonds. The number of nitrogens with zero attached hydrogens (tertiary/aromatic N) is 1. The van der Waals surface area contributed by atoms with Gasteiger partial charge in [0.15, 0.2) is 0 Å². The number of carbonyl (C=O) groups is 1. The number of halogens is 1. The standard InChI is InChI=1S/C24H24ClN3O5S2/c1-17-4-9-20(10-5-17)34(30,31)27-19-8-13-22(23(25)16-19)24(29)26-18-6-11-21(12-7-18)35(32,33)28-14-2-3-15-28/h4-13,16,27H,2-3,14-15H2,1H3,(H,26,29). The van der Waals surface area contributed by atoms with E-state index in [4.69, 9.17) is 11.6 Å². The molecule has 184 valence electrons. The molecule has 0 aromatic heterocycles. The molecule has 3 aromatic carbocycles. The quantitative estimate of drug-likeness (QED) is 0.465. The number of carbonyl (C=O) groups excluding carboxylic acids is 1. The maximum absolute atomic E-state index is 12.7. The number of rotatable bonds is 7. The normalized spacial score (nSPS) is 14.6. The van der Waals surface area contributed by atoms with Gasteiger partial charge in [-0.05, 0) is 74.4 Å². The highest BCUT2D eigenvalue weighted by atomic mass is 35.5. The van der Waals surface area contributed by atoms with Gasteiger partial charge in [0.2, 0.25) is 10.0 Å². The lowest BCUT2D eigenvalue weighted by Gasteiger charge is -2.15. The Balaban J connectivity index is 1.45. The van der Waals surface area contributed by atoms with Crippen molar-refractivity contribution in [1.82, 2.24) is 4.31 Å². The van der Waals surface area contributed by atoms with Gasteiger partial charge in [0, 0.05) is 18.8 Å². The molecular weight excluding hydrogens is 510 g/mol. The Labute approximate surface area is 210 Å². The maximum atomic E-state index is 12.7. The van der Waals surface area contributed by atoms with Gasteiger partial charge in [-0.25, -0.2) is 16.8 Å². The van der Waals surface area contributed by atoms with E-state index in [9.17, 15) is 21.6 Å². The molecule has 4 rings (SSSR count). The van der Waals surface area contributed by atoms with Crippen molar-refractivity contribution in [3.8, 4) is 0 Å². The van der Waals surface area contributed by atoms with E-state index in [0.717, 1.165) is 18.4 Å². The lowest BCUT2D eigenvalue weighted by Crippen LogP contribution is -2.27. The molecular formula is C24H24ClN3O5S2. The second-order valence-electron chi connectivity index (χ2n) is 8.20. The Morgan fingerprint density at radius 2 is 1.40 bits per heavy atom. The zero-order valence-corrected chi connectivity index (χ0v) is 21.3. The first-order valence-corrected chi connectivity index (χ1v) is 14.2. The fourth-order valence-electron chi connectivity index (χ4n) is 3.68. The van der Waals surface area contributed by atoms with Crippen LogP contribution in [0.15, 0.2) is 76.5 Å². The molecule has 0 aliphatic carbocycles. The van der Waals surface area contributed by atoms with Crippen LogP contribution in [0.25, 0.3) is 0 Å². The van der Waals surface area contributed by atoms with Gasteiger partial charge in [0.05, 0.1) is 26.1 Å². The molecule has 1 aliphatic heterocycles. The lowest BCUT2D eigenvalue weighted by molar-refractivity contribution is 0.102. The van der Waals surface area contributed by atoms with Crippen LogP contribution in [0.5, 0.6) is 0 Å². The SMILES string of the molecule is Cc1ccc(S(=O)(=O)Nc2ccc(C(=O)Nc3ccc(S(=O)(=O)N4CCCC4)cc3)c(Cl)c2)cc1. The topological polar surface area (TPSA) is 113 Å². The highest BCUT2D eigenvalue weighted by Gasteiger charge is 2.27. The summed E-state index contributed by atoms with van der Waals surface area (Å²) in [5.74, 6) is -0.516. The first-order chi connectivity index (χ1) is 16.6. The van der Waals surface area contributed by atoms with Gasteiger partial charge in [0.1, 0.15) is 0 Å². The Morgan fingerprint density at radius 1 is 0.829 bits per heavy atom. The van der Waals surface area contributed by atoms with Crippen LogP contribution in [0.3, 0.4) is 0 Å². The molecule has 0 saturated carbocycles. The highest BCUT2D eigenvalue weighted by molar-refractivity contribution is 7.92. The third-order valence-electron chi connectivity index (χ3n) is 5.61. The number of amides is 1. The Hall–Kier alpha value is -2.92. The molecule has 1 saturated heterocycles. The van der Waals surface area contributed by atoms with Crippen LogP contribution < -0.4 is 10.0 Å². The molecule has 0 atom stereocenters. The molecule has 11 heteroatoms. The van der Waals surface area contributed by atoms with Crippen LogP contribution in [-0.2, 0) is 20.0 Å². The van der Waals surface area contributed by atoms with Crippen LogP contribution in [0, 0.1) is 6.92 Å². The number of benzene rings is 3. The van der Waals surface area contributed by atoms with Crippen LogP contribution in [0.1, 0.15) is 28.8 Å². The van der Waals surface area contributed by atoms with E-state index in [1.54, 1.807) is 12.1 Å². The van der Waals surface area contributed by atoms with Crippen molar-refractivity contribution in [2.45, 2.75) is 29.6 Å². The molecule has 0 bridgehead atoms. The average molecular weight is 534 g/mol. The second-order valence-corrected chi connectivity index (χ2v) is 12.2. The zero-order valence-electron chi connectivity index (χ0n) is 18.9. The maximum Gasteiger partial charge on any atom is 0.261 e. The summed E-state index contributed by atoms with van der Waals surface area (Å²) in [5, 5.41) is 2.73. The van der Waals surface area contributed by atoms with Gasteiger partial charge in [-0.3, -0.25) is 9.52 Å². The summed E-state index contributed by atoms with van der Waals surface area (Å²) in [7, 11) is -7.35. The van der Waals surface area contributed by atoms with E-state index in [2.05, 4.69) is 10.0 Å². The van der Waals surface area contributed by atoms with Crippen molar-refractivity contribution in [3.05, 3.63) is 82.9 Å². The Kier molecular flexibility index (Phi) is 7.18. The largest absolute Gasteiger partial charge is 0.322 e. The minimum Gasteiger partial charge on any atom is -0.322 e. The van der Waals surface area contributed by atoms with Crippen molar-refractivity contribution in [3.63, 3.8) is 0 Å². The molecule has 0 spiro atoms. The number of aryl methyl sites for hydroxylation is 1. The number of hydrogen-bond acceptors (Lipinski definition) is 5. The van der Waals surface area contributed by atoms with Crippen LogP contribution in [-0.4, -0.2) is 40.1 Å². The van der Waals surface area contributed by atoms with Crippen molar-refractivity contribution in [1.29, 1.82) is 0 Å². The van der Waals surface area contributed by atoms with Gasteiger partial charge in [0.25, 0.3) is 15.9 Å². The second kappa shape index (κ2) is 9.98. The average Bonchev–Trinajstić information content (AvgIpc) is 3.35. The fraction of sp³-hybridized carbons (Fsp3) is 0.208. The Bertz CT molecular complexity index is 1450. The van der Waals surface area contributed by atoms with Crippen LogP contribution in [0.2, 0.25) is 5.02 Å². The lowest BCUT2D eigenvalue weighted by atomic mass is 10.2. The first kappa shape index (κ1) is 25.2. The van der Waals surface area contributed by atoms with E-state index in [-0.39, 0.29) is 26.1 Å². The summed E-state index contributed by atoms with van der Waals surface area (Å²) < 4.78 is 54.4. The summed E-state index contributed by atoms with van der Waals surface area (Å²) in [6.45, 7) is 2.88. The Morgan fingerprint density at radius 3 is 2.00 bits per heavy atom. The number of anilines is 2. The molecule has 8 nitrogen and oxygen atoms in total. The molecule has 1 fully saturated rings. The third-order valence-corrected chi connectivity index (χ3v) is 9.23. The number of hydrogen-bond donors (Lipinski definition) is 2. The minimum atomic E-state index is -3.81. The van der Waals surface area contributed by atoms with E-state index in [1.165, 1.54) is 58.9 Å². The van der Waals surface area contributed by atoms with Crippen LogP contribution >= 0.6 is 11.6 Å². The molecule has 0 unspecified atom stereocenters. The molecule has 3 aromatic rings. The fourth-order valence-corrected chi connectivity index (χ4v) is 6.51. The van der Waals surface area contributed by atoms with E-state index < -0.39 is 26.0 Å². The van der Waals surface area contributed by atoms with Crippen molar-refractivity contribution in [2.75, 3.05) is 23.1 Å². The van der Waals surface area contributed by atoms with Crippen molar-refractivity contribution in [2.24, 2.45) is 0 Å². The van der Waals surface area contributed by atoms with E-state index >= 15 is 0 Å². The highest BCUT2D eigenvalue weighted by Crippen LogP contribution is 2.26. The summed E-state index contributed by atoms with van der Waals surface area (Å²) in [6.07, 6.45) is 1.70. The van der Waals surface area contributed by atoms with Gasteiger partial charge in [-0.1, -0.05) is 29.3 Å². The predicted molar refractivity (Wildman–Crippen MR) is 136 cm³/mol. The van der Waals surface area contributed by atoms with Gasteiger partial charge < -0.3 is 5.32 Å². The van der Waals surface area contributed by atoms with Gasteiger partial charge >= 0.3 is 0 Å². The smallest absolute Gasteiger partial charge is 0.261 e.